The average Bonchev–Trinajstić information content (AvgIpc) is 2.36. The largest absolute Gasteiger partial charge is 0.476 e. The van der Waals surface area contributed by atoms with Crippen LogP contribution < -0.4 is 0 Å². The Balaban J connectivity index is 2.88. The van der Waals surface area contributed by atoms with Gasteiger partial charge in [0.2, 0.25) is 0 Å². The van der Waals surface area contributed by atoms with Gasteiger partial charge in [0.05, 0.1) is 0 Å². The van der Waals surface area contributed by atoms with Crippen LogP contribution in [0.5, 0.6) is 0 Å². The second kappa shape index (κ2) is 2.53. The van der Waals surface area contributed by atoms with Crippen LogP contribution in [-0.2, 0) is 4.79 Å². The van der Waals surface area contributed by atoms with Crippen LogP contribution in [0.3, 0.4) is 0 Å². The van der Waals surface area contributed by atoms with Crippen LogP contribution in [0, 0.1) is 5.41 Å². The van der Waals surface area contributed by atoms with Crippen LogP contribution in [0.25, 0.3) is 0 Å². The summed E-state index contributed by atoms with van der Waals surface area (Å²) >= 11 is 1.02. The smallest absolute Gasteiger partial charge is 0.357 e. The van der Waals surface area contributed by atoms with Gasteiger partial charge in [0.15, 0.2) is 11.5 Å². The van der Waals surface area contributed by atoms with Crippen molar-refractivity contribution in [3.8, 4) is 0 Å². The fourth-order valence-corrected chi connectivity index (χ4v) is 0.809. The number of rotatable bonds is 2. The first-order valence-corrected chi connectivity index (χ1v) is 3.14. The second-order valence-corrected chi connectivity index (χ2v) is 2.04. The van der Waals surface area contributed by atoms with Crippen molar-refractivity contribution in [2.75, 3.05) is 0 Å². The Kier molecular flexibility index (Phi) is 1.72. The molecule has 2 N–H and O–H groups in total. The molecule has 1 aromatic rings. The summed E-state index contributed by atoms with van der Waals surface area (Å²) in [4.78, 5) is 13.6. The molecule has 0 saturated heterocycles. The summed E-state index contributed by atoms with van der Waals surface area (Å²) in [5.41, 5.74) is 0.813. The molecule has 0 aliphatic heterocycles. The molecule has 0 unspecified atom stereocenters. The van der Waals surface area contributed by atoms with E-state index in [-0.39, 0.29) is 5.82 Å². The summed E-state index contributed by atoms with van der Waals surface area (Å²) in [5.74, 6) is -1.34. The number of hydrogen-bond donors (Lipinski definition) is 2. The first kappa shape index (κ1) is 6.81. The van der Waals surface area contributed by atoms with Crippen LogP contribution >= 0.6 is 11.5 Å². The van der Waals surface area contributed by atoms with Crippen molar-refractivity contribution >= 4 is 23.2 Å². The standard InChI is InChI=1S/C4H3N3O2S/c5-2(4(8)9)3-6-1-10-7-3/h1,5H,(H,8,9). The number of hydrogen-bond acceptors (Lipinski definition) is 5. The first-order valence-electron chi connectivity index (χ1n) is 2.30. The van der Waals surface area contributed by atoms with Gasteiger partial charge in [-0.3, -0.25) is 5.41 Å². The molecule has 0 amide bonds. The maximum absolute atomic E-state index is 10.1. The topological polar surface area (TPSA) is 86.9 Å². The highest BCUT2D eigenvalue weighted by atomic mass is 32.1. The van der Waals surface area contributed by atoms with E-state index in [1.165, 1.54) is 5.51 Å². The lowest BCUT2D eigenvalue weighted by Gasteiger charge is -1.86. The number of aliphatic carboxylic acids is 1. The monoisotopic (exact) mass is 157 g/mol. The van der Waals surface area contributed by atoms with Crippen LogP contribution in [0.2, 0.25) is 0 Å². The van der Waals surface area contributed by atoms with Crippen LogP contribution in [0.1, 0.15) is 5.82 Å². The Morgan fingerprint density at radius 3 is 2.90 bits per heavy atom. The Hall–Kier alpha value is -1.30. The third-order valence-corrected chi connectivity index (χ3v) is 1.28. The van der Waals surface area contributed by atoms with Crippen molar-refractivity contribution in [2.45, 2.75) is 0 Å². The van der Waals surface area contributed by atoms with E-state index in [0.29, 0.717) is 0 Å². The third-order valence-electron chi connectivity index (χ3n) is 0.799. The molecule has 0 atom stereocenters. The minimum Gasteiger partial charge on any atom is -0.476 e. The number of carboxylic acid groups (broad SMARTS) is 1. The van der Waals surface area contributed by atoms with Crippen molar-refractivity contribution < 1.29 is 9.90 Å². The highest BCUT2D eigenvalue weighted by Gasteiger charge is 2.12. The molecule has 1 rings (SSSR count). The molecular formula is C4H3N3O2S. The second-order valence-electron chi connectivity index (χ2n) is 1.43. The zero-order valence-corrected chi connectivity index (χ0v) is 5.55. The fraction of sp³-hybridized carbons (Fsp3) is 0. The number of nitrogens with one attached hydrogen (secondary N) is 1. The quantitative estimate of drug-likeness (QED) is 0.591. The maximum Gasteiger partial charge on any atom is 0.357 e. The summed E-state index contributed by atoms with van der Waals surface area (Å²) in [6.07, 6.45) is 0. The number of aromatic nitrogens is 2. The summed E-state index contributed by atoms with van der Waals surface area (Å²) < 4.78 is 3.56. The van der Waals surface area contributed by atoms with E-state index in [9.17, 15) is 4.79 Å². The first-order chi connectivity index (χ1) is 4.72. The average molecular weight is 157 g/mol. The molecular weight excluding hydrogens is 154 g/mol. The maximum atomic E-state index is 10.1. The van der Waals surface area contributed by atoms with Gasteiger partial charge >= 0.3 is 5.97 Å². The van der Waals surface area contributed by atoms with Crippen molar-refractivity contribution in [3.05, 3.63) is 11.3 Å². The van der Waals surface area contributed by atoms with Crippen LogP contribution in [-0.4, -0.2) is 26.1 Å². The van der Waals surface area contributed by atoms with Crippen molar-refractivity contribution in [3.63, 3.8) is 0 Å². The van der Waals surface area contributed by atoms with E-state index in [4.69, 9.17) is 10.5 Å². The number of carbonyl (C=O) groups is 1. The predicted molar refractivity (Wildman–Crippen MR) is 34.4 cm³/mol. The molecule has 52 valence electrons. The Bertz CT molecular complexity index is 255. The molecule has 0 aliphatic carbocycles. The lowest BCUT2D eigenvalue weighted by molar-refractivity contribution is -0.129. The molecule has 0 radical (unpaired) electrons. The number of nitrogens with zero attached hydrogens (tertiary/aromatic N) is 2. The molecule has 0 fully saturated rings. The highest BCUT2D eigenvalue weighted by Crippen LogP contribution is 1.94. The van der Waals surface area contributed by atoms with Crippen molar-refractivity contribution in [1.29, 1.82) is 5.41 Å². The Morgan fingerprint density at radius 2 is 2.50 bits per heavy atom. The Morgan fingerprint density at radius 1 is 1.80 bits per heavy atom. The summed E-state index contributed by atoms with van der Waals surface area (Å²) in [5, 5.41) is 15.1. The molecule has 0 saturated carbocycles. The van der Waals surface area contributed by atoms with Gasteiger partial charge in [-0.05, 0) is 11.5 Å². The third kappa shape index (κ3) is 1.16. The van der Waals surface area contributed by atoms with E-state index in [1.807, 2.05) is 0 Å². The normalized spacial score (nSPS) is 9.20. The summed E-state index contributed by atoms with van der Waals surface area (Å²) in [7, 11) is 0. The molecule has 0 aliphatic rings. The van der Waals surface area contributed by atoms with E-state index in [2.05, 4.69) is 9.36 Å². The van der Waals surface area contributed by atoms with E-state index in [0.717, 1.165) is 11.5 Å². The lowest BCUT2D eigenvalue weighted by Crippen LogP contribution is -2.13. The van der Waals surface area contributed by atoms with E-state index >= 15 is 0 Å². The van der Waals surface area contributed by atoms with Crippen LogP contribution in [0.15, 0.2) is 5.51 Å². The minimum atomic E-state index is -1.31. The summed E-state index contributed by atoms with van der Waals surface area (Å²) in [6, 6.07) is 0. The highest BCUT2D eigenvalue weighted by molar-refractivity contribution is 7.03. The Labute approximate surface area is 60.0 Å². The molecule has 1 heterocycles. The van der Waals surface area contributed by atoms with Gasteiger partial charge in [0.1, 0.15) is 5.51 Å². The van der Waals surface area contributed by atoms with Gasteiger partial charge in [-0.1, -0.05) is 0 Å². The zero-order chi connectivity index (χ0) is 7.56. The predicted octanol–water partition coefficient (Wildman–Crippen LogP) is -0.00943. The molecule has 1 aromatic heterocycles. The lowest BCUT2D eigenvalue weighted by atomic mass is 10.4. The molecule has 0 spiro atoms. The molecule has 5 nitrogen and oxygen atoms in total. The van der Waals surface area contributed by atoms with Crippen molar-refractivity contribution in [2.24, 2.45) is 0 Å². The molecule has 0 bridgehead atoms. The van der Waals surface area contributed by atoms with E-state index in [1.54, 1.807) is 0 Å². The van der Waals surface area contributed by atoms with Gasteiger partial charge in [-0.2, -0.15) is 4.37 Å². The molecule has 6 heteroatoms. The summed E-state index contributed by atoms with van der Waals surface area (Å²) in [6.45, 7) is 0. The van der Waals surface area contributed by atoms with E-state index < -0.39 is 11.7 Å². The number of carboxylic acids is 1. The van der Waals surface area contributed by atoms with Gasteiger partial charge in [-0.15, -0.1) is 0 Å². The van der Waals surface area contributed by atoms with Gasteiger partial charge in [-0.25, -0.2) is 9.78 Å². The minimum absolute atomic E-state index is 0.0301. The van der Waals surface area contributed by atoms with Gasteiger partial charge < -0.3 is 5.11 Å². The fourth-order valence-electron chi connectivity index (χ4n) is 0.376. The SMILES string of the molecule is N=C(C(=O)O)c1ncsn1. The zero-order valence-electron chi connectivity index (χ0n) is 4.74. The molecule has 0 aromatic carbocycles. The van der Waals surface area contributed by atoms with Gasteiger partial charge in [0, 0.05) is 0 Å². The van der Waals surface area contributed by atoms with Gasteiger partial charge in [0.25, 0.3) is 0 Å². The van der Waals surface area contributed by atoms with Crippen molar-refractivity contribution in [1.82, 2.24) is 9.36 Å². The van der Waals surface area contributed by atoms with Crippen LogP contribution in [0.4, 0.5) is 0 Å². The molecule has 10 heavy (non-hydrogen) atoms.